The van der Waals surface area contributed by atoms with E-state index in [0.717, 1.165) is 0 Å². The maximum atomic E-state index is 10.9. The molecule has 1 aromatic rings. The number of ether oxygens (including phenoxy) is 1. The molecule has 2 N–H and O–H groups in total. The maximum Gasteiger partial charge on any atom is 0.305 e. The van der Waals surface area contributed by atoms with Crippen molar-refractivity contribution in [1.29, 1.82) is 0 Å². The summed E-state index contributed by atoms with van der Waals surface area (Å²) in [6.07, 6.45) is 0.669. The van der Waals surface area contributed by atoms with Gasteiger partial charge in [0.15, 0.2) is 0 Å². The molecule has 16 heavy (non-hydrogen) atoms. The Kier molecular flexibility index (Phi) is 4.39. The summed E-state index contributed by atoms with van der Waals surface area (Å²) in [4.78, 5) is 14.9. The molecule has 0 aliphatic heterocycles. The Morgan fingerprint density at radius 1 is 1.62 bits per heavy atom. The Morgan fingerprint density at radius 3 is 2.88 bits per heavy atom. The zero-order valence-electron chi connectivity index (χ0n) is 8.67. The van der Waals surface area contributed by atoms with E-state index >= 15 is 0 Å². The van der Waals surface area contributed by atoms with E-state index in [4.69, 9.17) is 5.14 Å². The Hall–Kier alpha value is -0.990. The first-order valence-corrected chi connectivity index (χ1v) is 7.01. The van der Waals surface area contributed by atoms with E-state index in [1.54, 1.807) is 5.38 Å². The monoisotopic (exact) mass is 264 g/mol. The van der Waals surface area contributed by atoms with Crippen molar-refractivity contribution in [2.75, 3.05) is 7.11 Å². The van der Waals surface area contributed by atoms with Crippen LogP contribution in [0, 0.1) is 0 Å². The number of hydrogen-bond donors (Lipinski definition) is 1. The number of methoxy groups -OCH3 is 1. The topological polar surface area (TPSA) is 99.4 Å². The van der Waals surface area contributed by atoms with Crippen LogP contribution in [0.15, 0.2) is 5.38 Å². The fraction of sp³-hybridized carbons (Fsp3) is 0.500. The van der Waals surface area contributed by atoms with Gasteiger partial charge in [0.25, 0.3) is 0 Å². The van der Waals surface area contributed by atoms with Gasteiger partial charge in [0.2, 0.25) is 10.0 Å². The van der Waals surface area contributed by atoms with Gasteiger partial charge in [0, 0.05) is 11.8 Å². The molecule has 0 bridgehead atoms. The van der Waals surface area contributed by atoms with E-state index in [1.165, 1.54) is 18.4 Å². The van der Waals surface area contributed by atoms with Crippen molar-refractivity contribution in [3.63, 3.8) is 0 Å². The quantitative estimate of drug-likeness (QED) is 0.757. The lowest BCUT2D eigenvalue weighted by molar-refractivity contribution is -0.140. The maximum absolute atomic E-state index is 10.9. The summed E-state index contributed by atoms with van der Waals surface area (Å²) in [6, 6.07) is 0. The molecule has 6 nitrogen and oxygen atoms in total. The number of rotatable bonds is 5. The van der Waals surface area contributed by atoms with Crippen molar-refractivity contribution < 1.29 is 17.9 Å². The average molecular weight is 264 g/mol. The van der Waals surface area contributed by atoms with E-state index in [9.17, 15) is 13.2 Å². The third-order valence-corrected chi connectivity index (χ3v) is 3.49. The number of sulfonamides is 1. The molecule has 0 aliphatic carbocycles. The SMILES string of the molecule is COC(=O)CCc1csc(CS(N)(=O)=O)n1. The van der Waals surface area contributed by atoms with Gasteiger partial charge in [-0.1, -0.05) is 0 Å². The summed E-state index contributed by atoms with van der Waals surface area (Å²) in [5, 5.41) is 7.03. The highest BCUT2D eigenvalue weighted by atomic mass is 32.2. The Morgan fingerprint density at radius 2 is 2.31 bits per heavy atom. The van der Waals surface area contributed by atoms with Crippen LogP contribution >= 0.6 is 11.3 Å². The molecule has 0 spiro atoms. The molecule has 90 valence electrons. The molecule has 0 saturated heterocycles. The highest BCUT2D eigenvalue weighted by Gasteiger charge is 2.10. The number of esters is 1. The second kappa shape index (κ2) is 5.37. The highest BCUT2D eigenvalue weighted by molar-refractivity contribution is 7.88. The molecule has 0 saturated carbocycles. The Labute approximate surface area is 97.5 Å². The minimum absolute atomic E-state index is 0.231. The molecule has 0 amide bonds. The van der Waals surface area contributed by atoms with Gasteiger partial charge in [0.1, 0.15) is 10.8 Å². The molecular formula is C8H12N2O4S2. The summed E-state index contributed by atoms with van der Waals surface area (Å²) < 4.78 is 26.1. The number of aromatic nitrogens is 1. The lowest BCUT2D eigenvalue weighted by Crippen LogP contribution is -2.14. The summed E-state index contributed by atoms with van der Waals surface area (Å²) in [6.45, 7) is 0. The number of carbonyl (C=O) groups is 1. The minimum Gasteiger partial charge on any atom is -0.469 e. The van der Waals surface area contributed by atoms with Gasteiger partial charge in [-0.15, -0.1) is 11.3 Å². The van der Waals surface area contributed by atoms with E-state index in [0.29, 0.717) is 17.1 Å². The van der Waals surface area contributed by atoms with Crippen LogP contribution in [0.25, 0.3) is 0 Å². The van der Waals surface area contributed by atoms with E-state index in [-0.39, 0.29) is 18.1 Å². The number of carbonyl (C=O) groups excluding carboxylic acids is 1. The first-order chi connectivity index (χ1) is 7.40. The Bertz CT molecular complexity index is 466. The molecule has 1 aromatic heterocycles. The highest BCUT2D eigenvalue weighted by Crippen LogP contribution is 2.13. The average Bonchev–Trinajstić information content (AvgIpc) is 2.59. The predicted molar refractivity (Wildman–Crippen MR) is 59.3 cm³/mol. The van der Waals surface area contributed by atoms with Crippen LogP contribution in [0.5, 0.6) is 0 Å². The number of nitrogens with two attached hydrogens (primary N) is 1. The van der Waals surface area contributed by atoms with Crippen molar-refractivity contribution in [2.24, 2.45) is 5.14 Å². The van der Waals surface area contributed by atoms with Crippen LogP contribution in [-0.2, 0) is 31.7 Å². The summed E-state index contributed by atoms with van der Waals surface area (Å²) in [5.74, 6) is -0.586. The second-order valence-electron chi connectivity index (χ2n) is 3.12. The standard InChI is InChI=1S/C8H12N2O4S2/c1-14-8(11)3-2-6-4-15-7(10-6)5-16(9,12)13/h4H,2-3,5H2,1H3,(H2,9,12,13). The van der Waals surface area contributed by atoms with Crippen LogP contribution < -0.4 is 5.14 Å². The smallest absolute Gasteiger partial charge is 0.305 e. The second-order valence-corrected chi connectivity index (χ2v) is 5.67. The third kappa shape index (κ3) is 4.69. The van der Waals surface area contributed by atoms with Gasteiger partial charge in [-0.3, -0.25) is 4.79 Å². The molecule has 1 heterocycles. The van der Waals surface area contributed by atoms with Gasteiger partial charge < -0.3 is 4.74 Å². The minimum atomic E-state index is -3.54. The number of nitrogens with zero attached hydrogens (tertiary/aromatic N) is 1. The van der Waals surface area contributed by atoms with Crippen LogP contribution in [-0.4, -0.2) is 26.5 Å². The third-order valence-electron chi connectivity index (χ3n) is 1.74. The van der Waals surface area contributed by atoms with Gasteiger partial charge >= 0.3 is 5.97 Å². The van der Waals surface area contributed by atoms with Crippen LogP contribution in [0.1, 0.15) is 17.1 Å². The van der Waals surface area contributed by atoms with Crippen molar-refractivity contribution in [3.8, 4) is 0 Å². The number of hydrogen-bond acceptors (Lipinski definition) is 6. The van der Waals surface area contributed by atoms with Gasteiger partial charge in [-0.2, -0.15) is 0 Å². The van der Waals surface area contributed by atoms with E-state index < -0.39 is 10.0 Å². The molecule has 0 fully saturated rings. The number of aryl methyl sites for hydroxylation is 1. The molecule has 0 aliphatic rings. The van der Waals surface area contributed by atoms with E-state index in [1.807, 2.05) is 0 Å². The lowest BCUT2D eigenvalue weighted by Gasteiger charge is -1.96. The van der Waals surface area contributed by atoms with E-state index in [2.05, 4.69) is 9.72 Å². The van der Waals surface area contributed by atoms with Crippen molar-refractivity contribution >= 4 is 27.3 Å². The molecule has 8 heteroatoms. The number of thiazole rings is 1. The molecule has 0 unspecified atom stereocenters. The largest absolute Gasteiger partial charge is 0.469 e. The summed E-state index contributed by atoms with van der Waals surface area (Å²) in [5.41, 5.74) is 0.675. The van der Waals surface area contributed by atoms with Gasteiger partial charge in [-0.25, -0.2) is 18.5 Å². The molecule has 1 rings (SSSR count). The normalized spacial score (nSPS) is 11.4. The van der Waals surface area contributed by atoms with Crippen molar-refractivity contribution in [2.45, 2.75) is 18.6 Å². The summed E-state index contributed by atoms with van der Waals surface area (Å²) in [7, 11) is -2.23. The predicted octanol–water partition coefficient (Wildman–Crippen LogP) is 0.0372. The van der Waals surface area contributed by atoms with Crippen LogP contribution in [0.3, 0.4) is 0 Å². The molecular weight excluding hydrogens is 252 g/mol. The molecule has 0 atom stereocenters. The van der Waals surface area contributed by atoms with Gasteiger partial charge in [-0.05, 0) is 0 Å². The fourth-order valence-corrected chi connectivity index (χ4v) is 2.82. The van der Waals surface area contributed by atoms with Crippen LogP contribution in [0.4, 0.5) is 0 Å². The molecule has 0 aromatic carbocycles. The molecule has 0 radical (unpaired) electrons. The zero-order chi connectivity index (χ0) is 12.2. The zero-order valence-corrected chi connectivity index (χ0v) is 10.3. The van der Waals surface area contributed by atoms with Crippen molar-refractivity contribution in [1.82, 2.24) is 4.98 Å². The Balaban J connectivity index is 2.55. The van der Waals surface area contributed by atoms with Crippen molar-refractivity contribution in [3.05, 3.63) is 16.1 Å². The van der Waals surface area contributed by atoms with Crippen LogP contribution in [0.2, 0.25) is 0 Å². The fourth-order valence-electron chi connectivity index (χ4n) is 1.03. The number of primary sulfonamides is 1. The first kappa shape index (κ1) is 13.1. The summed E-state index contributed by atoms with van der Waals surface area (Å²) >= 11 is 1.21. The van der Waals surface area contributed by atoms with Gasteiger partial charge in [0.05, 0.1) is 19.2 Å². The lowest BCUT2D eigenvalue weighted by atomic mass is 10.2. The first-order valence-electron chi connectivity index (χ1n) is 4.41.